The standard InChI is InChI=1S/C14H16N2O/c1-9-6-5-7-12(10(9)2)14(17)13-8-15-16(4)11(13)3/h5-8H,1-4H3. The first kappa shape index (κ1) is 11.6. The number of aryl methyl sites for hydroxylation is 2. The number of hydrogen-bond acceptors (Lipinski definition) is 2. The van der Waals surface area contributed by atoms with Gasteiger partial charge in [0.1, 0.15) is 0 Å². The largest absolute Gasteiger partial charge is 0.288 e. The van der Waals surface area contributed by atoms with E-state index in [1.54, 1.807) is 10.9 Å². The van der Waals surface area contributed by atoms with Gasteiger partial charge in [-0.05, 0) is 31.9 Å². The molecule has 0 saturated heterocycles. The lowest BCUT2D eigenvalue weighted by Crippen LogP contribution is -2.06. The Bertz CT molecular complexity index is 582. The zero-order chi connectivity index (χ0) is 12.6. The Hall–Kier alpha value is -1.90. The van der Waals surface area contributed by atoms with Gasteiger partial charge in [0.25, 0.3) is 0 Å². The fraction of sp³-hybridized carbons (Fsp3) is 0.286. The quantitative estimate of drug-likeness (QED) is 0.740. The molecular formula is C14H16N2O. The van der Waals surface area contributed by atoms with E-state index in [0.717, 1.165) is 22.4 Å². The highest BCUT2D eigenvalue weighted by Crippen LogP contribution is 2.18. The molecule has 17 heavy (non-hydrogen) atoms. The van der Waals surface area contributed by atoms with Crippen molar-refractivity contribution in [2.24, 2.45) is 7.05 Å². The number of hydrogen-bond donors (Lipinski definition) is 0. The minimum absolute atomic E-state index is 0.0526. The van der Waals surface area contributed by atoms with Gasteiger partial charge in [0.2, 0.25) is 0 Å². The molecule has 1 aromatic carbocycles. The van der Waals surface area contributed by atoms with E-state index in [0.29, 0.717) is 5.56 Å². The van der Waals surface area contributed by atoms with E-state index in [2.05, 4.69) is 5.10 Å². The summed E-state index contributed by atoms with van der Waals surface area (Å²) < 4.78 is 1.72. The molecule has 0 amide bonds. The van der Waals surface area contributed by atoms with Crippen molar-refractivity contribution in [2.45, 2.75) is 20.8 Å². The summed E-state index contributed by atoms with van der Waals surface area (Å²) in [5, 5.41) is 4.11. The van der Waals surface area contributed by atoms with Crippen molar-refractivity contribution in [2.75, 3.05) is 0 Å². The highest BCUT2D eigenvalue weighted by atomic mass is 16.1. The predicted molar refractivity (Wildman–Crippen MR) is 67.3 cm³/mol. The topological polar surface area (TPSA) is 34.9 Å². The Morgan fingerprint density at radius 3 is 2.47 bits per heavy atom. The molecule has 0 N–H and O–H groups in total. The minimum Gasteiger partial charge on any atom is -0.288 e. The third-order valence-electron chi connectivity index (χ3n) is 3.33. The number of benzene rings is 1. The van der Waals surface area contributed by atoms with Crippen molar-refractivity contribution in [3.8, 4) is 0 Å². The Balaban J connectivity index is 2.51. The molecule has 88 valence electrons. The first-order valence-corrected chi connectivity index (χ1v) is 5.62. The molecule has 0 fully saturated rings. The zero-order valence-corrected chi connectivity index (χ0v) is 10.6. The van der Waals surface area contributed by atoms with E-state index < -0.39 is 0 Å². The number of carbonyl (C=O) groups excluding carboxylic acids is 1. The average Bonchev–Trinajstić information content (AvgIpc) is 2.63. The monoisotopic (exact) mass is 228 g/mol. The highest BCUT2D eigenvalue weighted by molar-refractivity contribution is 6.10. The van der Waals surface area contributed by atoms with Crippen LogP contribution in [0.25, 0.3) is 0 Å². The number of aromatic nitrogens is 2. The Kier molecular flexibility index (Phi) is 2.84. The van der Waals surface area contributed by atoms with Crippen molar-refractivity contribution in [1.82, 2.24) is 9.78 Å². The smallest absolute Gasteiger partial charge is 0.196 e. The lowest BCUT2D eigenvalue weighted by atomic mass is 9.96. The SMILES string of the molecule is Cc1cccc(C(=O)c2cnn(C)c2C)c1C. The molecule has 2 aromatic rings. The minimum atomic E-state index is 0.0526. The lowest BCUT2D eigenvalue weighted by Gasteiger charge is -2.07. The van der Waals surface area contributed by atoms with Crippen LogP contribution in [-0.4, -0.2) is 15.6 Å². The van der Waals surface area contributed by atoms with Crippen LogP contribution < -0.4 is 0 Å². The van der Waals surface area contributed by atoms with Gasteiger partial charge in [-0.1, -0.05) is 18.2 Å². The normalized spacial score (nSPS) is 10.6. The summed E-state index contributed by atoms with van der Waals surface area (Å²) in [7, 11) is 1.84. The van der Waals surface area contributed by atoms with Gasteiger partial charge in [-0.15, -0.1) is 0 Å². The average molecular weight is 228 g/mol. The molecule has 0 spiro atoms. The number of carbonyl (C=O) groups is 1. The third-order valence-corrected chi connectivity index (χ3v) is 3.33. The maximum Gasteiger partial charge on any atom is 0.196 e. The summed E-state index contributed by atoms with van der Waals surface area (Å²) in [4.78, 5) is 12.4. The number of rotatable bonds is 2. The maximum absolute atomic E-state index is 12.4. The Morgan fingerprint density at radius 2 is 1.88 bits per heavy atom. The number of ketones is 1. The molecule has 0 radical (unpaired) electrons. The molecule has 0 saturated carbocycles. The van der Waals surface area contributed by atoms with Crippen LogP contribution in [-0.2, 0) is 7.05 Å². The molecule has 2 rings (SSSR count). The van der Waals surface area contributed by atoms with Crippen molar-refractivity contribution in [3.05, 3.63) is 52.3 Å². The molecule has 0 aliphatic carbocycles. The molecule has 0 aliphatic heterocycles. The summed E-state index contributed by atoms with van der Waals surface area (Å²) in [5.41, 5.74) is 4.52. The van der Waals surface area contributed by atoms with Crippen LogP contribution >= 0.6 is 0 Å². The summed E-state index contributed by atoms with van der Waals surface area (Å²) in [5.74, 6) is 0.0526. The van der Waals surface area contributed by atoms with Gasteiger partial charge in [0.15, 0.2) is 5.78 Å². The van der Waals surface area contributed by atoms with E-state index >= 15 is 0 Å². The zero-order valence-electron chi connectivity index (χ0n) is 10.6. The van der Waals surface area contributed by atoms with E-state index in [9.17, 15) is 4.79 Å². The maximum atomic E-state index is 12.4. The van der Waals surface area contributed by atoms with E-state index in [1.165, 1.54) is 0 Å². The van der Waals surface area contributed by atoms with Gasteiger partial charge in [-0.25, -0.2) is 0 Å². The molecule has 1 heterocycles. The Morgan fingerprint density at radius 1 is 1.18 bits per heavy atom. The van der Waals surface area contributed by atoms with E-state index in [4.69, 9.17) is 0 Å². The van der Waals surface area contributed by atoms with Crippen molar-refractivity contribution >= 4 is 5.78 Å². The van der Waals surface area contributed by atoms with Crippen LogP contribution in [0.15, 0.2) is 24.4 Å². The van der Waals surface area contributed by atoms with Gasteiger partial charge in [0, 0.05) is 18.3 Å². The fourth-order valence-electron chi connectivity index (χ4n) is 1.86. The molecular weight excluding hydrogens is 212 g/mol. The molecule has 0 bridgehead atoms. The summed E-state index contributed by atoms with van der Waals surface area (Å²) >= 11 is 0. The predicted octanol–water partition coefficient (Wildman–Crippen LogP) is 2.58. The number of nitrogens with zero attached hydrogens (tertiary/aromatic N) is 2. The second-order valence-electron chi connectivity index (χ2n) is 4.34. The molecule has 1 aromatic heterocycles. The van der Waals surface area contributed by atoms with Crippen LogP contribution in [0.1, 0.15) is 32.7 Å². The van der Waals surface area contributed by atoms with Gasteiger partial charge in [-0.2, -0.15) is 5.10 Å². The van der Waals surface area contributed by atoms with Gasteiger partial charge in [-0.3, -0.25) is 9.48 Å². The van der Waals surface area contributed by atoms with E-state index in [1.807, 2.05) is 46.0 Å². The van der Waals surface area contributed by atoms with Crippen LogP contribution in [0.4, 0.5) is 0 Å². The highest BCUT2D eigenvalue weighted by Gasteiger charge is 2.17. The van der Waals surface area contributed by atoms with Crippen LogP contribution in [0.5, 0.6) is 0 Å². The molecule has 0 aliphatic rings. The van der Waals surface area contributed by atoms with Crippen LogP contribution in [0.3, 0.4) is 0 Å². The first-order chi connectivity index (χ1) is 8.02. The summed E-state index contributed by atoms with van der Waals surface area (Å²) in [6.45, 7) is 5.90. The summed E-state index contributed by atoms with van der Waals surface area (Å²) in [6.07, 6.45) is 1.64. The van der Waals surface area contributed by atoms with Gasteiger partial charge >= 0.3 is 0 Å². The van der Waals surface area contributed by atoms with E-state index in [-0.39, 0.29) is 5.78 Å². The second-order valence-corrected chi connectivity index (χ2v) is 4.34. The van der Waals surface area contributed by atoms with Crippen LogP contribution in [0.2, 0.25) is 0 Å². The van der Waals surface area contributed by atoms with Crippen molar-refractivity contribution < 1.29 is 4.79 Å². The summed E-state index contributed by atoms with van der Waals surface area (Å²) in [6, 6.07) is 5.81. The molecule has 3 nitrogen and oxygen atoms in total. The van der Waals surface area contributed by atoms with Crippen LogP contribution in [0, 0.1) is 20.8 Å². The second kappa shape index (κ2) is 4.17. The van der Waals surface area contributed by atoms with Gasteiger partial charge < -0.3 is 0 Å². The van der Waals surface area contributed by atoms with Gasteiger partial charge in [0.05, 0.1) is 11.8 Å². The Labute approximate surface area is 101 Å². The molecule has 0 unspecified atom stereocenters. The van der Waals surface area contributed by atoms with Crippen molar-refractivity contribution in [3.63, 3.8) is 0 Å². The van der Waals surface area contributed by atoms with Crippen molar-refractivity contribution in [1.29, 1.82) is 0 Å². The molecule has 3 heteroatoms. The molecule has 0 atom stereocenters. The first-order valence-electron chi connectivity index (χ1n) is 5.62. The lowest BCUT2D eigenvalue weighted by molar-refractivity contribution is 0.103. The third kappa shape index (κ3) is 1.88. The fourth-order valence-corrected chi connectivity index (χ4v) is 1.86.